The summed E-state index contributed by atoms with van der Waals surface area (Å²) in [7, 11) is 0. The largest absolute Gasteiger partial charge is 0.295 e. The highest BCUT2D eigenvalue weighted by Gasteiger charge is 2.09. The van der Waals surface area contributed by atoms with Crippen molar-refractivity contribution in [3.8, 4) is 0 Å². The first-order valence-corrected chi connectivity index (χ1v) is 7.48. The molecule has 0 aliphatic carbocycles. The molecule has 0 N–H and O–H groups in total. The maximum Gasteiger partial charge on any atom is 0.160 e. The number of benzene rings is 2. The summed E-state index contributed by atoms with van der Waals surface area (Å²) >= 11 is 0. The van der Waals surface area contributed by atoms with Gasteiger partial charge in [-0.05, 0) is 43.0 Å². The Labute approximate surface area is 140 Å². The fourth-order valence-corrected chi connectivity index (χ4v) is 2.35. The van der Waals surface area contributed by atoms with E-state index < -0.39 is 0 Å². The van der Waals surface area contributed by atoms with E-state index in [1.165, 1.54) is 13.8 Å². The Kier molecular flexibility index (Phi) is 5.66. The Morgan fingerprint density at radius 1 is 1.08 bits per heavy atom. The van der Waals surface area contributed by atoms with Crippen molar-refractivity contribution < 1.29 is 9.59 Å². The summed E-state index contributed by atoms with van der Waals surface area (Å²) < 4.78 is 0. The molecular formula is C19H17N3O2. The van der Waals surface area contributed by atoms with Gasteiger partial charge in [0.1, 0.15) is 0 Å². The van der Waals surface area contributed by atoms with E-state index in [1.54, 1.807) is 30.3 Å². The van der Waals surface area contributed by atoms with Gasteiger partial charge in [0.25, 0.3) is 0 Å². The van der Waals surface area contributed by atoms with Gasteiger partial charge in [-0.25, -0.2) is 0 Å². The van der Waals surface area contributed by atoms with Crippen LogP contribution in [0.25, 0.3) is 16.5 Å². The lowest BCUT2D eigenvalue weighted by Gasteiger charge is -2.06. The molecule has 0 unspecified atom stereocenters. The minimum Gasteiger partial charge on any atom is -0.295 e. The highest BCUT2D eigenvalue weighted by Crippen LogP contribution is 2.17. The van der Waals surface area contributed by atoms with Crippen LogP contribution in [0.15, 0.2) is 53.7 Å². The zero-order valence-corrected chi connectivity index (χ0v) is 13.6. The molecule has 0 aliphatic heterocycles. The summed E-state index contributed by atoms with van der Waals surface area (Å²) in [4.78, 5) is 26.0. The third kappa shape index (κ3) is 4.41. The van der Waals surface area contributed by atoms with Crippen LogP contribution in [0.3, 0.4) is 0 Å². The summed E-state index contributed by atoms with van der Waals surface area (Å²) in [5, 5.41) is 3.52. The van der Waals surface area contributed by atoms with E-state index in [4.69, 9.17) is 5.53 Å². The van der Waals surface area contributed by atoms with Gasteiger partial charge in [-0.1, -0.05) is 53.7 Å². The van der Waals surface area contributed by atoms with Crippen molar-refractivity contribution in [3.63, 3.8) is 0 Å². The number of Topliss-reactive ketones (excluding diaryl/α,β-unsaturated/α-hetero) is 2. The minimum absolute atomic E-state index is 0.0211. The molecule has 0 amide bonds. The molecule has 0 bridgehead atoms. The van der Waals surface area contributed by atoms with E-state index in [2.05, 4.69) is 10.0 Å². The SMILES string of the molecule is CC(=O)c1ccc(C(C)=O)c(C/C=C/c2ccc(N=[N+]=[N-])cc2)c1. The van der Waals surface area contributed by atoms with Crippen molar-refractivity contribution in [3.05, 3.63) is 81.2 Å². The second-order valence-electron chi connectivity index (χ2n) is 5.37. The Hall–Kier alpha value is -3.17. The Morgan fingerprint density at radius 3 is 2.38 bits per heavy atom. The average Bonchev–Trinajstić information content (AvgIpc) is 2.56. The predicted octanol–water partition coefficient (Wildman–Crippen LogP) is 5.29. The predicted molar refractivity (Wildman–Crippen MR) is 94.4 cm³/mol. The van der Waals surface area contributed by atoms with Gasteiger partial charge >= 0.3 is 0 Å². The number of nitrogens with zero attached hydrogens (tertiary/aromatic N) is 3. The third-order valence-electron chi connectivity index (χ3n) is 3.59. The van der Waals surface area contributed by atoms with Gasteiger partial charge in [-0.3, -0.25) is 9.59 Å². The second-order valence-corrected chi connectivity index (χ2v) is 5.37. The number of hydrogen-bond acceptors (Lipinski definition) is 3. The molecule has 0 fully saturated rings. The lowest BCUT2D eigenvalue weighted by molar-refractivity contribution is 0.100. The van der Waals surface area contributed by atoms with Gasteiger partial charge in [0.05, 0.1) is 0 Å². The van der Waals surface area contributed by atoms with Gasteiger partial charge in [0, 0.05) is 21.7 Å². The van der Waals surface area contributed by atoms with E-state index in [1.807, 2.05) is 24.3 Å². The monoisotopic (exact) mass is 319 g/mol. The molecule has 0 heterocycles. The average molecular weight is 319 g/mol. The summed E-state index contributed by atoms with van der Waals surface area (Å²) in [5.41, 5.74) is 12.0. The molecule has 24 heavy (non-hydrogen) atoms. The lowest BCUT2D eigenvalue weighted by atomic mass is 9.97. The van der Waals surface area contributed by atoms with Crippen LogP contribution < -0.4 is 0 Å². The summed E-state index contributed by atoms with van der Waals surface area (Å²) in [6, 6.07) is 12.3. The minimum atomic E-state index is -0.0241. The first-order valence-electron chi connectivity index (χ1n) is 7.48. The number of allylic oxidation sites excluding steroid dienone is 1. The van der Waals surface area contributed by atoms with Crippen LogP contribution in [0, 0.1) is 0 Å². The zero-order valence-electron chi connectivity index (χ0n) is 13.6. The first kappa shape index (κ1) is 17.2. The van der Waals surface area contributed by atoms with Crippen LogP contribution in [0.1, 0.15) is 45.7 Å². The van der Waals surface area contributed by atoms with Crippen molar-refractivity contribution in [2.45, 2.75) is 20.3 Å². The van der Waals surface area contributed by atoms with Crippen LogP contribution in [-0.4, -0.2) is 11.6 Å². The summed E-state index contributed by atoms with van der Waals surface area (Å²) in [5.74, 6) is -0.0452. The fourth-order valence-electron chi connectivity index (χ4n) is 2.35. The van der Waals surface area contributed by atoms with Crippen LogP contribution in [-0.2, 0) is 6.42 Å². The van der Waals surface area contributed by atoms with Crippen molar-refractivity contribution in [1.82, 2.24) is 0 Å². The van der Waals surface area contributed by atoms with Gasteiger partial charge < -0.3 is 0 Å². The number of rotatable bonds is 6. The summed E-state index contributed by atoms with van der Waals surface area (Å²) in [6.45, 7) is 3.03. The highest BCUT2D eigenvalue weighted by atomic mass is 16.1. The van der Waals surface area contributed by atoms with Crippen LogP contribution >= 0.6 is 0 Å². The molecule has 0 saturated carbocycles. The lowest BCUT2D eigenvalue weighted by Crippen LogP contribution is -2.02. The zero-order chi connectivity index (χ0) is 17.5. The number of carbonyl (C=O) groups excluding carboxylic acids is 2. The Bertz CT molecular complexity index is 845. The topological polar surface area (TPSA) is 82.9 Å². The number of ketones is 2. The van der Waals surface area contributed by atoms with Gasteiger partial charge in [-0.15, -0.1) is 0 Å². The first-order chi connectivity index (χ1) is 11.5. The Morgan fingerprint density at radius 2 is 1.79 bits per heavy atom. The standard InChI is InChI=1S/C19H17N3O2/c1-13(23)16-8-11-19(14(2)24)17(12-16)5-3-4-15-6-9-18(10-7-15)21-22-20/h3-4,6-12H,5H2,1-2H3/b4-3+. The maximum atomic E-state index is 11.7. The quantitative estimate of drug-likeness (QED) is 0.313. The van der Waals surface area contributed by atoms with Crippen molar-refractivity contribution >= 4 is 23.3 Å². The molecule has 0 saturated heterocycles. The number of azide groups is 1. The molecule has 0 spiro atoms. The van der Waals surface area contributed by atoms with Crippen molar-refractivity contribution in [2.75, 3.05) is 0 Å². The molecule has 120 valence electrons. The molecule has 5 heteroatoms. The molecule has 0 aromatic heterocycles. The third-order valence-corrected chi connectivity index (χ3v) is 3.59. The molecule has 2 rings (SSSR count). The van der Waals surface area contributed by atoms with E-state index >= 15 is 0 Å². The van der Waals surface area contributed by atoms with Crippen LogP contribution in [0.2, 0.25) is 0 Å². The number of carbonyl (C=O) groups is 2. The smallest absolute Gasteiger partial charge is 0.160 e. The molecular weight excluding hydrogens is 302 g/mol. The Balaban J connectivity index is 2.20. The molecule has 0 aliphatic rings. The van der Waals surface area contributed by atoms with Gasteiger partial charge in [0.2, 0.25) is 0 Å². The van der Waals surface area contributed by atoms with Crippen molar-refractivity contribution in [1.29, 1.82) is 0 Å². The van der Waals surface area contributed by atoms with Crippen LogP contribution in [0.4, 0.5) is 5.69 Å². The van der Waals surface area contributed by atoms with E-state index in [0.29, 0.717) is 23.2 Å². The van der Waals surface area contributed by atoms with Crippen LogP contribution in [0.5, 0.6) is 0 Å². The molecule has 0 atom stereocenters. The summed E-state index contributed by atoms with van der Waals surface area (Å²) in [6.07, 6.45) is 4.41. The maximum absolute atomic E-state index is 11.7. The van der Waals surface area contributed by atoms with Crippen molar-refractivity contribution in [2.24, 2.45) is 5.11 Å². The fraction of sp³-hybridized carbons (Fsp3) is 0.158. The molecule has 0 radical (unpaired) electrons. The molecule has 2 aromatic carbocycles. The molecule has 5 nitrogen and oxygen atoms in total. The second kappa shape index (κ2) is 7.90. The van der Waals surface area contributed by atoms with E-state index in [-0.39, 0.29) is 11.6 Å². The van der Waals surface area contributed by atoms with E-state index in [0.717, 1.165) is 11.1 Å². The van der Waals surface area contributed by atoms with E-state index in [9.17, 15) is 9.59 Å². The van der Waals surface area contributed by atoms with Gasteiger partial charge in [0.15, 0.2) is 11.6 Å². The number of hydrogen-bond donors (Lipinski definition) is 0. The normalized spacial score (nSPS) is 10.4. The highest BCUT2D eigenvalue weighted by molar-refractivity contribution is 5.99. The molecule has 2 aromatic rings. The van der Waals surface area contributed by atoms with Gasteiger partial charge in [-0.2, -0.15) is 0 Å².